The predicted octanol–water partition coefficient (Wildman–Crippen LogP) is 3.45. The number of unbranched alkanes of at least 4 members (excludes halogenated alkanes) is 2. The Morgan fingerprint density at radius 2 is 2.09 bits per heavy atom. The summed E-state index contributed by atoms with van der Waals surface area (Å²) in [5.41, 5.74) is 0. The second-order valence-corrected chi connectivity index (χ2v) is 3.79. The van der Waals surface area contributed by atoms with Crippen molar-refractivity contribution in [2.75, 3.05) is 0 Å². The van der Waals surface area contributed by atoms with E-state index in [1.807, 2.05) is 6.01 Å². The van der Waals surface area contributed by atoms with E-state index in [1.54, 1.807) is 0 Å². The van der Waals surface area contributed by atoms with Gasteiger partial charge in [0.15, 0.2) is 0 Å². The van der Waals surface area contributed by atoms with Gasteiger partial charge in [-0.15, -0.1) is 0 Å². The van der Waals surface area contributed by atoms with Gasteiger partial charge in [0.2, 0.25) is 4.46 Å². The molecule has 0 spiro atoms. The zero-order valence-corrected chi connectivity index (χ0v) is 8.04. The quantitative estimate of drug-likeness (QED) is 0.302. The third-order valence-electron chi connectivity index (χ3n) is 1.30. The van der Waals surface area contributed by atoms with Crippen LogP contribution in [0, 0.1) is 5.41 Å². The molecule has 64 valence electrons. The van der Waals surface area contributed by atoms with Crippen molar-refractivity contribution in [1.82, 2.24) is 0 Å². The predicted molar refractivity (Wildman–Crippen MR) is 48.7 cm³/mol. The van der Waals surface area contributed by atoms with Gasteiger partial charge in [-0.3, -0.25) is 0 Å². The zero-order chi connectivity index (χ0) is 8.74. The first kappa shape index (κ1) is 11.0. The van der Waals surface area contributed by atoms with Crippen LogP contribution in [0.2, 0.25) is 0 Å². The third-order valence-corrected chi connectivity index (χ3v) is 1.85. The summed E-state index contributed by atoms with van der Waals surface area (Å²) in [6, 6.07) is 1.85. The molecule has 0 aromatic heterocycles. The van der Waals surface area contributed by atoms with Gasteiger partial charge in [-0.2, -0.15) is 4.99 Å². The highest BCUT2D eigenvalue weighted by molar-refractivity contribution is 6.48. The Hall–Kier alpha value is -0.0400. The normalized spacial score (nSPS) is 10.8. The molecule has 0 atom stereocenters. The van der Waals surface area contributed by atoms with Crippen molar-refractivity contribution in [2.45, 2.75) is 37.1 Å². The van der Waals surface area contributed by atoms with Crippen molar-refractivity contribution in [3.8, 4) is 0 Å². The van der Waals surface area contributed by atoms with E-state index in [4.69, 9.17) is 28.6 Å². The number of halogens is 2. The summed E-state index contributed by atoms with van der Waals surface area (Å²) >= 11 is 11.4. The first-order chi connectivity index (χ1) is 5.12. The molecule has 0 unspecified atom stereocenters. The minimum Gasteiger partial charge on any atom is -0.241 e. The fourth-order valence-corrected chi connectivity index (χ4v) is 1.08. The Morgan fingerprint density at radius 3 is 2.55 bits per heavy atom. The lowest BCUT2D eigenvalue weighted by molar-refractivity contribution is 0.623. The first-order valence-corrected chi connectivity index (χ1v) is 4.39. The van der Waals surface area contributed by atoms with Crippen LogP contribution < -0.4 is 0 Å². The molecule has 0 aliphatic rings. The van der Waals surface area contributed by atoms with Crippen LogP contribution in [0.1, 0.15) is 32.6 Å². The van der Waals surface area contributed by atoms with Crippen molar-refractivity contribution in [3.63, 3.8) is 0 Å². The van der Waals surface area contributed by atoms with Crippen LogP contribution in [0.4, 0.5) is 0 Å². The number of hydrogen-bond acceptors (Lipinski definition) is 2. The van der Waals surface area contributed by atoms with Crippen LogP contribution in [-0.4, -0.2) is 10.5 Å². The lowest BCUT2D eigenvalue weighted by Gasteiger charge is -2.10. The molecular weight excluding hydrogens is 183 g/mol. The van der Waals surface area contributed by atoms with Gasteiger partial charge in [-0.25, -0.2) is 5.41 Å². The number of hydrogen-bond donors (Lipinski definition) is 1. The average molecular weight is 195 g/mol. The molecule has 0 aromatic rings. The SMILES string of the molecule is CCCCCC(Cl)(Cl)N=C=N. The van der Waals surface area contributed by atoms with Crippen LogP contribution in [0.3, 0.4) is 0 Å². The topological polar surface area (TPSA) is 36.2 Å². The molecule has 0 saturated heterocycles. The highest BCUT2D eigenvalue weighted by atomic mass is 35.5. The number of aliphatic imine (C=N–C) groups is 1. The third kappa shape index (κ3) is 6.36. The lowest BCUT2D eigenvalue weighted by atomic mass is 10.2. The second kappa shape index (κ2) is 5.59. The van der Waals surface area contributed by atoms with Crippen LogP contribution in [0.5, 0.6) is 0 Å². The maximum absolute atomic E-state index is 6.55. The van der Waals surface area contributed by atoms with Crippen molar-refractivity contribution >= 4 is 29.2 Å². The molecule has 0 heterocycles. The summed E-state index contributed by atoms with van der Waals surface area (Å²) in [6.45, 7) is 2.10. The molecule has 11 heavy (non-hydrogen) atoms. The molecule has 0 aliphatic heterocycles. The van der Waals surface area contributed by atoms with E-state index < -0.39 is 4.46 Å². The number of alkyl halides is 2. The highest BCUT2D eigenvalue weighted by Gasteiger charge is 2.20. The van der Waals surface area contributed by atoms with Crippen molar-refractivity contribution in [2.24, 2.45) is 4.99 Å². The Morgan fingerprint density at radius 1 is 1.45 bits per heavy atom. The molecule has 4 heteroatoms. The van der Waals surface area contributed by atoms with E-state index >= 15 is 0 Å². The number of rotatable bonds is 5. The number of nitrogens with zero attached hydrogens (tertiary/aromatic N) is 1. The highest BCUT2D eigenvalue weighted by Crippen LogP contribution is 2.28. The van der Waals surface area contributed by atoms with Crippen LogP contribution in [0.15, 0.2) is 4.99 Å². The van der Waals surface area contributed by atoms with Gasteiger partial charge in [0.1, 0.15) is 0 Å². The Labute approximate surface area is 77.1 Å². The fraction of sp³-hybridized carbons (Fsp3) is 0.857. The van der Waals surface area contributed by atoms with E-state index in [0.717, 1.165) is 19.3 Å². The maximum atomic E-state index is 6.55. The molecule has 0 aliphatic carbocycles. The average Bonchev–Trinajstić information content (AvgIpc) is 1.87. The summed E-state index contributed by atoms with van der Waals surface area (Å²) in [5.74, 6) is 0. The first-order valence-electron chi connectivity index (χ1n) is 3.64. The maximum Gasteiger partial charge on any atom is 0.217 e. The van der Waals surface area contributed by atoms with Crippen LogP contribution >= 0.6 is 23.2 Å². The van der Waals surface area contributed by atoms with Gasteiger partial charge in [-0.1, -0.05) is 43.0 Å². The van der Waals surface area contributed by atoms with Gasteiger partial charge in [-0.05, 0) is 6.42 Å². The summed E-state index contributed by atoms with van der Waals surface area (Å²) in [4.78, 5) is 3.48. The lowest BCUT2D eigenvalue weighted by Crippen LogP contribution is -2.07. The van der Waals surface area contributed by atoms with Gasteiger partial charge in [0, 0.05) is 6.42 Å². The molecular formula is C7H12Cl2N2. The Balaban J connectivity index is 3.63. The largest absolute Gasteiger partial charge is 0.241 e. The van der Waals surface area contributed by atoms with E-state index in [-0.39, 0.29) is 0 Å². The molecule has 1 N–H and O–H groups in total. The second-order valence-electron chi connectivity index (χ2n) is 2.35. The molecule has 0 aromatic carbocycles. The zero-order valence-electron chi connectivity index (χ0n) is 6.53. The Kier molecular flexibility index (Phi) is 5.57. The molecule has 0 saturated carbocycles. The van der Waals surface area contributed by atoms with Crippen molar-refractivity contribution < 1.29 is 0 Å². The minimum absolute atomic E-state index is 0.593. The van der Waals surface area contributed by atoms with E-state index in [1.165, 1.54) is 0 Å². The molecule has 0 radical (unpaired) electrons. The molecule has 0 rings (SSSR count). The summed E-state index contributed by atoms with van der Waals surface area (Å²) in [7, 11) is 0. The number of nitrogens with one attached hydrogen (secondary N) is 1. The fourth-order valence-electron chi connectivity index (χ4n) is 0.725. The van der Waals surface area contributed by atoms with E-state index in [2.05, 4.69) is 11.9 Å². The molecule has 0 fully saturated rings. The summed E-state index contributed by atoms with van der Waals surface area (Å²) < 4.78 is -1.13. The smallest absolute Gasteiger partial charge is 0.217 e. The van der Waals surface area contributed by atoms with Crippen LogP contribution in [0.25, 0.3) is 0 Å². The van der Waals surface area contributed by atoms with Crippen molar-refractivity contribution in [1.29, 1.82) is 5.41 Å². The van der Waals surface area contributed by atoms with Crippen molar-refractivity contribution in [3.05, 3.63) is 0 Å². The Bertz CT molecular complexity index is 151. The van der Waals surface area contributed by atoms with E-state index in [0.29, 0.717) is 6.42 Å². The molecule has 0 bridgehead atoms. The minimum atomic E-state index is -1.13. The van der Waals surface area contributed by atoms with E-state index in [9.17, 15) is 0 Å². The van der Waals surface area contributed by atoms with Gasteiger partial charge < -0.3 is 0 Å². The van der Waals surface area contributed by atoms with Gasteiger partial charge in [0.25, 0.3) is 0 Å². The molecule has 2 nitrogen and oxygen atoms in total. The van der Waals surface area contributed by atoms with Gasteiger partial charge >= 0.3 is 0 Å². The standard InChI is InChI=1S/C7H12Cl2N2/c1-2-3-4-5-7(8,9)11-6-10/h10H,2-5H2,1H3. The summed E-state index contributed by atoms with van der Waals surface area (Å²) in [6.07, 6.45) is 3.75. The molecule has 0 amide bonds. The van der Waals surface area contributed by atoms with Gasteiger partial charge in [0.05, 0.1) is 6.01 Å². The monoisotopic (exact) mass is 194 g/mol. The summed E-state index contributed by atoms with van der Waals surface area (Å²) in [5, 5.41) is 6.55. The van der Waals surface area contributed by atoms with Crippen LogP contribution in [-0.2, 0) is 0 Å².